The third-order valence-electron chi connectivity index (χ3n) is 4.11. The molecule has 1 atom stereocenters. The van der Waals surface area contributed by atoms with Crippen molar-refractivity contribution in [1.29, 1.82) is 0 Å². The lowest BCUT2D eigenvalue weighted by molar-refractivity contribution is 0.0699. The zero-order chi connectivity index (χ0) is 13.9. The predicted molar refractivity (Wildman–Crippen MR) is 74.5 cm³/mol. The van der Waals surface area contributed by atoms with E-state index in [1.165, 1.54) is 0 Å². The van der Waals surface area contributed by atoms with Crippen LogP contribution < -0.4 is 10.1 Å². The van der Waals surface area contributed by atoms with Gasteiger partial charge in [-0.15, -0.1) is 0 Å². The van der Waals surface area contributed by atoms with Crippen molar-refractivity contribution in [2.75, 3.05) is 20.2 Å². The second-order valence-electron chi connectivity index (χ2n) is 5.65. The minimum absolute atomic E-state index is 0.0682. The van der Waals surface area contributed by atoms with Gasteiger partial charge in [-0.1, -0.05) is 13.8 Å². The number of rotatable bonds is 4. The summed E-state index contributed by atoms with van der Waals surface area (Å²) in [5, 5.41) is 3.37. The largest absolute Gasteiger partial charge is 0.494 e. The van der Waals surface area contributed by atoms with Crippen LogP contribution in [0.2, 0.25) is 0 Å². The molecule has 2 rings (SSSR count). The average molecular weight is 262 g/mol. The van der Waals surface area contributed by atoms with Crippen molar-refractivity contribution in [2.24, 2.45) is 11.3 Å². The number of ether oxygens (including phenoxy) is 1. The Balaban J connectivity index is 2.26. The Bertz CT molecular complexity index is 451. The number of pyridine rings is 1. The molecule has 0 amide bonds. The molecule has 0 aromatic carbocycles. The second kappa shape index (κ2) is 5.70. The number of Topliss-reactive ketones (excluding diaryl/α,β-unsaturated/α-hetero) is 1. The summed E-state index contributed by atoms with van der Waals surface area (Å²) in [5.41, 5.74) is 0.0234. The van der Waals surface area contributed by atoms with Gasteiger partial charge in [-0.3, -0.25) is 4.79 Å². The van der Waals surface area contributed by atoms with Gasteiger partial charge in [0, 0.05) is 11.6 Å². The maximum absolute atomic E-state index is 12.8. The highest BCUT2D eigenvalue weighted by Gasteiger charge is 2.39. The quantitative estimate of drug-likeness (QED) is 0.846. The first-order valence-electron chi connectivity index (χ1n) is 6.82. The second-order valence-corrected chi connectivity index (χ2v) is 5.65. The normalized spacial score (nSPS) is 20.1. The molecule has 1 aliphatic heterocycles. The Kier molecular flexibility index (Phi) is 4.20. The van der Waals surface area contributed by atoms with Crippen molar-refractivity contribution in [1.82, 2.24) is 10.3 Å². The summed E-state index contributed by atoms with van der Waals surface area (Å²) >= 11 is 0. The molecule has 1 saturated heterocycles. The lowest BCUT2D eigenvalue weighted by Gasteiger charge is -2.36. The van der Waals surface area contributed by atoms with E-state index in [0.29, 0.717) is 17.4 Å². The molecule has 1 N–H and O–H groups in total. The molecule has 1 fully saturated rings. The molecule has 0 radical (unpaired) electrons. The number of hydrogen-bond donors (Lipinski definition) is 1. The summed E-state index contributed by atoms with van der Waals surface area (Å²) in [7, 11) is 1.57. The molecule has 1 aromatic heterocycles. The highest BCUT2D eigenvalue weighted by molar-refractivity contribution is 6.00. The van der Waals surface area contributed by atoms with E-state index in [-0.39, 0.29) is 5.78 Å². The molecule has 1 aromatic rings. The SMILES string of the molecule is COc1cccnc1C(=O)C(C)(C)C1CCCNC1. The Labute approximate surface area is 114 Å². The highest BCUT2D eigenvalue weighted by atomic mass is 16.5. The molecule has 0 spiro atoms. The van der Waals surface area contributed by atoms with Gasteiger partial charge >= 0.3 is 0 Å². The van der Waals surface area contributed by atoms with E-state index in [0.717, 1.165) is 25.9 Å². The van der Waals surface area contributed by atoms with Gasteiger partial charge in [-0.05, 0) is 44.0 Å². The van der Waals surface area contributed by atoms with Crippen LogP contribution in [0, 0.1) is 11.3 Å². The number of methoxy groups -OCH3 is 1. The fourth-order valence-electron chi connectivity index (χ4n) is 2.68. The van der Waals surface area contributed by atoms with Crippen LogP contribution in [-0.4, -0.2) is 31.0 Å². The molecule has 104 valence electrons. The molecule has 4 nitrogen and oxygen atoms in total. The molecule has 1 aliphatic rings. The third-order valence-corrected chi connectivity index (χ3v) is 4.11. The summed E-state index contributed by atoms with van der Waals surface area (Å²) < 4.78 is 5.25. The molecular weight excluding hydrogens is 240 g/mol. The summed E-state index contributed by atoms with van der Waals surface area (Å²) in [4.78, 5) is 17.0. The van der Waals surface area contributed by atoms with E-state index in [4.69, 9.17) is 4.74 Å². The van der Waals surface area contributed by atoms with Crippen molar-refractivity contribution >= 4 is 5.78 Å². The lowest BCUT2D eigenvalue weighted by atomic mass is 9.71. The number of nitrogens with one attached hydrogen (secondary N) is 1. The van der Waals surface area contributed by atoms with Crippen LogP contribution in [0.4, 0.5) is 0 Å². The molecule has 0 saturated carbocycles. The third kappa shape index (κ3) is 2.78. The van der Waals surface area contributed by atoms with Crippen LogP contribution >= 0.6 is 0 Å². The molecule has 0 bridgehead atoms. The summed E-state index contributed by atoms with van der Waals surface area (Å²) in [6, 6.07) is 3.57. The minimum Gasteiger partial charge on any atom is -0.494 e. The number of piperidine rings is 1. The number of ketones is 1. The fourth-order valence-corrected chi connectivity index (χ4v) is 2.68. The molecule has 0 aliphatic carbocycles. The Hall–Kier alpha value is -1.42. The van der Waals surface area contributed by atoms with Gasteiger partial charge in [-0.2, -0.15) is 0 Å². The molecule has 19 heavy (non-hydrogen) atoms. The van der Waals surface area contributed by atoms with Gasteiger partial charge in [0.15, 0.2) is 5.78 Å². The van der Waals surface area contributed by atoms with E-state index in [9.17, 15) is 4.79 Å². The van der Waals surface area contributed by atoms with Crippen LogP contribution in [0.1, 0.15) is 37.2 Å². The van der Waals surface area contributed by atoms with Crippen LogP contribution in [-0.2, 0) is 0 Å². The molecule has 4 heteroatoms. The smallest absolute Gasteiger partial charge is 0.190 e. The van der Waals surface area contributed by atoms with Gasteiger partial charge in [-0.25, -0.2) is 4.98 Å². The predicted octanol–water partition coefficient (Wildman–Crippen LogP) is 2.30. The summed E-state index contributed by atoms with van der Waals surface area (Å²) in [5.74, 6) is 0.975. The molecular formula is C15H22N2O2. The van der Waals surface area contributed by atoms with Gasteiger partial charge in [0.05, 0.1) is 7.11 Å². The van der Waals surface area contributed by atoms with Gasteiger partial charge in [0.25, 0.3) is 0 Å². The standard InChI is InChI=1S/C15H22N2O2/c1-15(2,11-6-4-8-16-10-11)14(18)13-12(19-3)7-5-9-17-13/h5,7,9,11,16H,4,6,8,10H2,1-3H3. The van der Waals surface area contributed by atoms with Crippen LogP contribution in [0.3, 0.4) is 0 Å². The summed E-state index contributed by atoms with van der Waals surface area (Å²) in [6.07, 6.45) is 3.85. The number of carbonyl (C=O) groups excluding carboxylic acids is 1. The molecule has 2 heterocycles. The summed E-state index contributed by atoms with van der Waals surface area (Å²) in [6.45, 7) is 5.98. The number of nitrogens with zero attached hydrogens (tertiary/aromatic N) is 1. The van der Waals surface area contributed by atoms with Crippen molar-refractivity contribution in [3.63, 3.8) is 0 Å². The topological polar surface area (TPSA) is 51.2 Å². The van der Waals surface area contributed by atoms with Gasteiger partial charge in [0.2, 0.25) is 0 Å². The Morgan fingerprint density at radius 1 is 1.53 bits per heavy atom. The zero-order valence-electron chi connectivity index (χ0n) is 11.9. The van der Waals surface area contributed by atoms with E-state index in [1.807, 2.05) is 13.8 Å². The van der Waals surface area contributed by atoms with Gasteiger partial charge < -0.3 is 10.1 Å². The van der Waals surface area contributed by atoms with E-state index in [1.54, 1.807) is 25.4 Å². The maximum Gasteiger partial charge on any atom is 0.190 e. The van der Waals surface area contributed by atoms with E-state index >= 15 is 0 Å². The molecule has 1 unspecified atom stereocenters. The van der Waals surface area contributed by atoms with Crippen molar-refractivity contribution in [2.45, 2.75) is 26.7 Å². The minimum atomic E-state index is -0.422. The van der Waals surface area contributed by atoms with Crippen molar-refractivity contribution < 1.29 is 9.53 Å². The average Bonchev–Trinajstić information content (AvgIpc) is 2.47. The van der Waals surface area contributed by atoms with E-state index < -0.39 is 5.41 Å². The number of carbonyl (C=O) groups is 1. The Morgan fingerprint density at radius 2 is 2.32 bits per heavy atom. The fraction of sp³-hybridized carbons (Fsp3) is 0.600. The monoisotopic (exact) mass is 262 g/mol. The lowest BCUT2D eigenvalue weighted by Crippen LogP contribution is -2.42. The number of hydrogen-bond acceptors (Lipinski definition) is 4. The zero-order valence-corrected chi connectivity index (χ0v) is 11.9. The first-order chi connectivity index (χ1) is 9.07. The van der Waals surface area contributed by atoms with Crippen LogP contribution in [0.5, 0.6) is 5.75 Å². The van der Waals surface area contributed by atoms with Crippen LogP contribution in [0.15, 0.2) is 18.3 Å². The van der Waals surface area contributed by atoms with E-state index in [2.05, 4.69) is 10.3 Å². The van der Waals surface area contributed by atoms with Crippen LogP contribution in [0.25, 0.3) is 0 Å². The first kappa shape index (κ1) is 14.0. The Morgan fingerprint density at radius 3 is 2.95 bits per heavy atom. The van der Waals surface area contributed by atoms with Gasteiger partial charge in [0.1, 0.15) is 11.4 Å². The maximum atomic E-state index is 12.8. The first-order valence-corrected chi connectivity index (χ1v) is 6.82. The number of aromatic nitrogens is 1. The van der Waals surface area contributed by atoms with Crippen molar-refractivity contribution in [3.05, 3.63) is 24.0 Å². The highest BCUT2D eigenvalue weighted by Crippen LogP contribution is 2.36. The van der Waals surface area contributed by atoms with Crippen molar-refractivity contribution in [3.8, 4) is 5.75 Å².